The molecule has 1 aliphatic rings. The number of hydrogen-bond acceptors (Lipinski definition) is 4. The standard InChI is InChI=1S/C12H13ClFNO4S/c13-11-8(2-1-3-9(11)14)6-15-4-5-20(18,19)7-10(15)12(16)17/h1-3,10H,4-7H2,(H,16,17). The minimum atomic E-state index is -3.35. The predicted molar refractivity (Wildman–Crippen MR) is 71.9 cm³/mol. The van der Waals surface area contributed by atoms with Crippen LogP contribution >= 0.6 is 11.6 Å². The third-order valence-electron chi connectivity index (χ3n) is 3.23. The van der Waals surface area contributed by atoms with Gasteiger partial charge in [-0.05, 0) is 11.6 Å². The lowest BCUT2D eigenvalue weighted by molar-refractivity contribution is -0.142. The molecule has 0 radical (unpaired) electrons. The number of carbonyl (C=O) groups is 1. The first kappa shape index (κ1) is 15.2. The van der Waals surface area contributed by atoms with Crippen LogP contribution in [0.4, 0.5) is 4.39 Å². The van der Waals surface area contributed by atoms with E-state index in [0.29, 0.717) is 5.56 Å². The lowest BCUT2D eigenvalue weighted by Gasteiger charge is -2.32. The molecule has 0 aromatic heterocycles. The molecule has 0 bridgehead atoms. The van der Waals surface area contributed by atoms with Crippen LogP contribution in [0.1, 0.15) is 5.56 Å². The maximum absolute atomic E-state index is 13.3. The summed E-state index contributed by atoms with van der Waals surface area (Å²) in [6.45, 7) is 0.190. The molecular formula is C12H13ClFNO4S. The summed E-state index contributed by atoms with van der Waals surface area (Å²) in [5, 5.41) is 9.06. The SMILES string of the molecule is O=C(O)C1CS(=O)(=O)CCN1Cc1cccc(F)c1Cl. The van der Waals surface area contributed by atoms with Gasteiger partial charge >= 0.3 is 5.97 Å². The van der Waals surface area contributed by atoms with Crippen molar-refractivity contribution in [2.24, 2.45) is 0 Å². The first-order valence-electron chi connectivity index (χ1n) is 5.90. The van der Waals surface area contributed by atoms with Crippen molar-refractivity contribution in [1.82, 2.24) is 4.90 Å². The fraction of sp³-hybridized carbons (Fsp3) is 0.417. The van der Waals surface area contributed by atoms with E-state index in [0.717, 1.165) is 0 Å². The number of carboxylic acid groups (broad SMARTS) is 1. The van der Waals surface area contributed by atoms with Gasteiger partial charge in [-0.1, -0.05) is 23.7 Å². The molecule has 1 fully saturated rings. The molecule has 20 heavy (non-hydrogen) atoms. The Kier molecular flexibility index (Phi) is 4.31. The van der Waals surface area contributed by atoms with E-state index in [1.807, 2.05) is 0 Å². The van der Waals surface area contributed by atoms with Gasteiger partial charge in [0.15, 0.2) is 9.84 Å². The molecule has 8 heteroatoms. The molecule has 0 spiro atoms. The molecule has 2 rings (SSSR count). The van der Waals surface area contributed by atoms with Gasteiger partial charge in [-0.2, -0.15) is 0 Å². The Morgan fingerprint density at radius 3 is 2.85 bits per heavy atom. The summed E-state index contributed by atoms with van der Waals surface area (Å²) in [6.07, 6.45) is 0. The summed E-state index contributed by atoms with van der Waals surface area (Å²) in [5.41, 5.74) is 0.442. The predicted octanol–water partition coefficient (Wildman–Crippen LogP) is 1.16. The van der Waals surface area contributed by atoms with Crippen LogP contribution in [-0.2, 0) is 21.2 Å². The van der Waals surface area contributed by atoms with Crippen molar-refractivity contribution >= 4 is 27.4 Å². The zero-order chi connectivity index (χ0) is 14.9. The van der Waals surface area contributed by atoms with Crippen molar-refractivity contribution in [2.75, 3.05) is 18.1 Å². The Labute approximate surface area is 120 Å². The smallest absolute Gasteiger partial charge is 0.321 e. The Hall–Kier alpha value is -1.18. The van der Waals surface area contributed by atoms with Crippen LogP contribution in [0.2, 0.25) is 5.02 Å². The summed E-state index contributed by atoms with van der Waals surface area (Å²) in [4.78, 5) is 12.7. The van der Waals surface area contributed by atoms with Gasteiger partial charge in [0.2, 0.25) is 0 Å². The van der Waals surface area contributed by atoms with Crippen molar-refractivity contribution in [3.05, 3.63) is 34.6 Å². The average Bonchev–Trinajstić information content (AvgIpc) is 2.36. The molecule has 0 saturated carbocycles. The van der Waals surface area contributed by atoms with Crippen LogP contribution in [0.3, 0.4) is 0 Å². The third-order valence-corrected chi connectivity index (χ3v) is 5.28. The molecule has 0 aliphatic carbocycles. The number of carboxylic acids is 1. The summed E-state index contributed by atoms with van der Waals surface area (Å²) in [5.74, 6) is -2.33. The molecule has 1 aliphatic heterocycles. The molecule has 1 aromatic rings. The normalized spacial score (nSPS) is 22.6. The molecule has 0 amide bonds. The highest BCUT2D eigenvalue weighted by molar-refractivity contribution is 7.91. The molecule has 1 unspecified atom stereocenters. The van der Waals surface area contributed by atoms with E-state index in [2.05, 4.69) is 0 Å². The zero-order valence-corrected chi connectivity index (χ0v) is 12.0. The van der Waals surface area contributed by atoms with Crippen LogP contribution in [-0.4, -0.2) is 48.5 Å². The number of hydrogen-bond donors (Lipinski definition) is 1. The van der Waals surface area contributed by atoms with Crippen LogP contribution in [0.5, 0.6) is 0 Å². The number of aliphatic carboxylic acids is 1. The zero-order valence-electron chi connectivity index (χ0n) is 10.4. The van der Waals surface area contributed by atoms with Gasteiger partial charge in [-0.15, -0.1) is 0 Å². The molecule has 5 nitrogen and oxygen atoms in total. The second-order valence-corrected chi connectivity index (χ2v) is 7.26. The van der Waals surface area contributed by atoms with Gasteiger partial charge in [-0.25, -0.2) is 12.8 Å². The minimum Gasteiger partial charge on any atom is -0.480 e. The van der Waals surface area contributed by atoms with E-state index in [4.69, 9.17) is 16.7 Å². The average molecular weight is 322 g/mol. The third kappa shape index (κ3) is 3.28. The maximum Gasteiger partial charge on any atom is 0.321 e. The van der Waals surface area contributed by atoms with Crippen molar-refractivity contribution in [3.8, 4) is 0 Å². The lowest BCUT2D eigenvalue weighted by atomic mass is 10.1. The topological polar surface area (TPSA) is 74.7 Å². The number of nitrogens with zero attached hydrogens (tertiary/aromatic N) is 1. The monoisotopic (exact) mass is 321 g/mol. The van der Waals surface area contributed by atoms with E-state index in [1.165, 1.54) is 17.0 Å². The van der Waals surface area contributed by atoms with E-state index in [1.54, 1.807) is 6.07 Å². The van der Waals surface area contributed by atoms with Crippen LogP contribution in [0.15, 0.2) is 18.2 Å². The van der Waals surface area contributed by atoms with Crippen molar-refractivity contribution < 1.29 is 22.7 Å². The fourth-order valence-electron chi connectivity index (χ4n) is 2.15. The molecule has 1 N–H and O–H groups in total. The van der Waals surface area contributed by atoms with Gasteiger partial charge < -0.3 is 5.11 Å². The van der Waals surface area contributed by atoms with Gasteiger partial charge in [0.25, 0.3) is 0 Å². The molecule has 110 valence electrons. The summed E-state index contributed by atoms with van der Waals surface area (Å²) in [7, 11) is -3.35. The number of sulfone groups is 1. The van der Waals surface area contributed by atoms with Gasteiger partial charge in [0.1, 0.15) is 11.9 Å². The molecule has 1 aromatic carbocycles. The fourth-order valence-corrected chi connectivity index (χ4v) is 3.85. The van der Waals surface area contributed by atoms with Gasteiger partial charge in [-0.3, -0.25) is 9.69 Å². The highest BCUT2D eigenvalue weighted by atomic mass is 35.5. The highest BCUT2D eigenvalue weighted by Gasteiger charge is 2.36. The Balaban J connectivity index is 2.23. The molecule has 1 heterocycles. The van der Waals surface area contributed by atoms with E-state index in [-0.39, 0.29) is 23.9 Å². The quantitative estimate of drug-likeness (QED) is 0.904. The van der Waals surface area contributed by atoms with Crippen molar-refractivity contribution in [3.63, 3.8) is 0 Å². The minimum absolute atomic E-state index is 0.0648. The van der Waals surface area contributed by atoms with Gasteiger partial charge in [0.05, 0.1) is 16.5 Å². The van der Waals surface area contributed by atoms with E-state index in [9.17, 15) is 17.6 Å². The summed E-state index contributed by atoms with van der Waals surface area (Å²) >= 11 is 5.83. The van der Waals surface area contributed by atoms with Crippen LogP contribution < -0.4 is 0 Å². The summed E-state index contributed by atoms with van der Waals surface area (Å²) in [6, 6.07) is 3.15. The Morgan fingerprint density at radius 2 is 2.20 bits per heavy atom. The van der Waals surface area contributed by atoms with E-state index >= 15 is 0 Å². The number of rotatable bonds is 3. The Morgan fingerprint density at radius 1 is 1.50 bits per heavy atom. The van der Waals surface area contributed by atoms with Crippen molar-refractivity contribution in [1.29, 1.82) is 0 Å². The summed E-state index contributed by atoms with van der Waals surface area (Å²) < 4.78 is 36.4. The number of benzene rings is 1. The van der Waals surface area contributed by atoms with E-state index < -0.39 is 33.4 Å². The Bertz CT molecular complexity index is 634. The van der Waals surface area contributed by atoms with Crippen molar-refractivity contribution in [2.45, 2.75) is 12.6 Å². The van der Waals surface area contributed by atoms with Crippen LogP contribution in [0, 0.1) is 5.82 Å². The maximum atomic E-state index is 13.3. The lowest BCUT2D eigenvalue weighted by Crippen LogP contribution is -2.51. The first-order valence-corrected chi connectivity index (χ1v) is 8.10. The second kappa shape index (κ2) is 5.67. The highest BCUT2D eigenvalue weighted by Crippen LogP contribution is 2.23. The second-order valence-electron chi connectivity index (χ2n) is 4.65. The first-order chi connectivity index (χ1) is 9.30. The van der Waals surface area contributed by atoms with Crippen LogP contribution in [0.25, 0.3) is 0 Å². The molecular weight excluding hydrogens is 309 g/mol. The van der Waals surface area contributed by atoms with Gasteiger partial charge in [0, 0.05) is 13.1 Å². The molecule has 1 atom stereocenters. The largest absolute Gasteiger partial charge is 0.480 e. The molecule has 1 saturated heterocycles. The number of halogens is 2.